The molecule has 3 heterocycles. The summed E-state index contributed by atoms with van der Waals surface area (Å²) >= 11 is 1.24. The van der Waals surface area contributed by atoms with Crippen LogP contribution in [0, 0.1) is 5.82 Å². The van der Waals surface area contributed by atoms with Crippen molar-refractivity contribution in [2.45, 2.75) is 19.8 Å². The standard InChI is InChI=1S/C22H18FN3O2S/c1-11-16(12(2)27)17(14-4-3-9-25-10-14)18-19(24)21(29-22(18)26-11)20(28)13-5-7-15(23)8-6-13/h3-10,17,26H,24H2,1-2H3/t17-/m1/s1. The SMILES string of the molecule is CC(=O)C1=C(C)Nc2sc(C(=O)c3ccc(F)cc3)c(N)c2[C@@H]1c1cccnc1. The van der Waals surface area contributed by atoms with E-state index in [0.717, 1.165) is 16.3 Å². The van der Waals surface area contributed by atoms with Crippen LogP contribution in [0.5, 0.6) is 0 Å². The van der Waals surface area contributed by atoms with Crippen molar-refractivity contribution in [3.63, 3.8) is 0 Å². The Hall–Kier alpha value is -3.32. The summed E-state index contributed by atoms with van der Waals surface area (Å²) in [5.41, 5.74) is 9.97. The van der Waals surface area contributed by atoms with Crippen molar-refractivity contribution in [3.8, 4) is 0 Å². The first-order chi connectivity index (χ1) is 13.9. The lowest BCUT2D eigenvalue weighted by Gasteiger charge is -2.28. The number of aromatic nitrogens is 1. The van der Waals surface area contributed by atoms with Gasteiger partial charge in [-0.2, -0.15) is 0 Å². The average molecular weight is 407 g/mol. The first-order valence-corrected chi connectivity index (χ1v) is 9.81. The predicted octanol–water partition coefficient (Wildman–Crippen LogP) is 4.52. The summed E-state index contributed by atoms with van der Waals surface area (Å²) in [4.78, 5) is 30.0. The van der Waals surface area contributed by atoms with E-state index < -0.39 is 11.7 Å². The summed E-state index contributed by atoms with van der Waals surface area (Å²) in [5.74, 6) is -1.19. The number of benzene rings is 1. The molecule has 3 aromatic rings. The van der Waals surface area contributed by atoms with Crippen LogP contribution < -0.4 is 11.1 Å². The van der Waals surface area contributed by atoms with E-state index in [1.54, 1.807) is 18.5 Å². The lowest BCUT2D eigenvalue weighted by atomic mass is 9.81. The molecule has 0 fully saturated rings. The van der Waals surface area contributed by atoms with Crippen LogP contribution >= 0.6 is 11.3 Å². The van der Waals surface area contributed by atoms with Crippen LogP contribution in [0.15, 0.2) is 60.1 Å². The van der Waals surface area contributed by atoms with Gasteiger partial charge < -0.3 is 11.1 Å². The maximum absolute atomic E-state index is 13.2. The van der Waals surface area contributed by atoms with E-state index in [-0.39, 0.29) is 11.6 Å². The number of nitrogen functional groups attached to an aromatic ring is 1. The number of anilines is 2. The molecular weight excluding hydrogens is 389 g/mol. The summed E-state index contributed by atoms with van der Waals surface area (Å²) < 4.78 is 13.2. The summed E-state index contributed by atoms with van der Waals surface area (Å²) in [6, 6.07) is 9.05. The Balaban J connectivity index is 1.88. The van der Waals surface area contributed by atoms with Crippen molar-refractivity contribution in [2.75, 3.05) is 11.1 Å². The number of hydrogen-bond donors (Lipinski definition) is 2. The molecule has 1 aromatic carbocycles. The Labute approximate surface area is 171 Å². The van der Waals surface area contributed by atoms with Crippen molar-refractivity contribution in [1.29, 1.82) is 0 Å². The molecule has 0 saturated heterocycles. The molecule has 29 heavy (non-hydrogen) atoms. The molecule has 5 nitrogen and oxygen atoms in total. The van der Waals surface area contributed by atoms with E-state index in [2.05, 4.69) is 10.3 Å². The lowest BCUT2D eigenvalue weighted by molar-refractivity contribution is -0.113. The van der Waals surface area contributed by atoms with E-state index in [1.807, 2.05) is 13.0 Å². The molecule has 3 N–H and O–H groups in total. The number of rotatable bonds is 4. The summed E-state index contributed by atoms with van der Waals surface area (Å²) in [7, 11) is 0. The zero-order chi connectivity index (χ0) is 20.7. The van der Waals surface area contributed by atoms with Crippen LogP contribution in [-0.2, 0) is 4.79 Å². The number of nitrogens with zero attached hydrogens (tertiary/aromatic N) is 1. The second-order valence-corrected chi connectivity index (χ2v) is 7.88. The van der Waals surface area contributed by atoms with Gasteiger partial charge in [0, 0.05) is 40.7 Å². The monoisotopic (exact) mass is 407 g/mol. The van der Waals surface area contributed by atoms with Crippen molar-refractivity contribution < 1.29 is 14.0 Å². The Bertz CT molecular complexity index is 1150. The number of pyridine rings is 1. The number of nitrogens with two attached hydrogens (primary N) is 1. The van der Waals surface area contributed by atoms with Crippen molar-refractivity contribution in [1.82, 2.24) is 4.98 Å². The van der Waals surface area contributed by atoms with Gasteiger partial charge >= 0.3 is 0 Å². The fourth-order valence-electron chi connectivity index (χ4n) is 3.68. The molecule has 0 aliphatic carbocycles. The Morgan fingerprint density at radius 2 is 1.93 bits per heavy atom. The fourth-order valence-corrected chi connectivity index (χ4v) is 4.86. The number of ketones is 2. The number of halogens is 1. The molecule has 4 rings (SSSR count). The second kappa shape index (κ2) is 7.25. The van der Waals surface area contributed by atoms with Crippen molar-refractivity contribution in [3.05, 3.63) is 87.4 Å². The minimum absolute atomic E-state index is 0.0773. The third-order valence-corrected chi connectivity index (χ3v) is 6.11. The molecule has 0 spiro atoms. The molecule has 0 amide bonds. The molecule has 1 atom stereocenters. The number of hydrogen-bond acceptors (Lipinski definition) is 6. The van der Waals surface area contributed by atoms with E-state index in [9.17, 15) is 14.0 Å². The van der Waals surface area contributed by atoms with Gasteiger partial charge in [0.05, 0.1) is 10.7 Å². The molecule has 0 bridgehead atoms. The van der Waals surface area contributed by atoms with Crippen LogP contribution in [0.2, 0.25) is 0 Å². The summed E-state index contributed by atoms with van der Waals surface area (Å²) in [6.45, 7) is 3.35. The van der Waals surface area contributed by atoms with Crippen LogP contribution in [0.4, 0.5) is 15.1 Å². The number of Topliss-reactive ketones (excluding diaryl/α,β-unsaturated/α-hetero) is 1. The van der Waals surface area contributed by atoms with Gasteiger partial charge in [-0.15, -0.1) is 11.3 Å². The van der Waals surface area contributed by atoms with Gasteiger partial charge in [0.15, 0.2) is 5.78 Å². The van der Waals surface area contributed by atoms with Crippen LogP contribution in [0.1, 0.15) is 46.1 Å². The highest BCUT2D eigenvalue weighted by Gasteiger charge is 2.36. The topological polar surface area (TPSA) is 85.1 Å². The lowest BCUT2D eigenvalue weighted by Crippen LogP contribution is -2.21. The third-order valence-electron chi connectivity index (χ3n) is 4.98. The molecular formula is C22H18FN3O2S. The highest BCUT2D eigenvalue weighted by Crippen LogP contribution is 2.50. The molecule has 1 aliphatic rings. The van der Waals surface area contributed by atoms with Gasteiger partial charge in [0.1, 0.15) is 10.7 Å². The van der Waals surface area contributed by atoms with Gasteiger partial charge in [0.25, 0.3) is 0 Å². The van der Waals surface area contributed by atoms with Crippen LogP contribution in [0.25, 0.3) is 0 Å². The van der Waals surface area contributed by atoms with Gasteiger partial charge in [-0.25, -0.2) is 4.39 Å². The van der Waals surface area contributed by atoms with Crippen molar-refractivity contribution >= 4 is 33.6 Å². The maximum atomic E-state index is 13.2. The quantitative estimate of drug-likeness (QED) is 0.622. The van der Waals surface area contributed by atoms with E-state index >= 15 is 0 Å². The first-order valence-electron chi connectivity index (χ1n) is 8.99. The van der Waals surface area contributed by atoms with Gasteiger partial charge in [-0.1, -0.05) is 6.07 Å². The number of allylic oxidation sites excluding steroid dienone is 2. The minimum atomic E-state index is -0.413. The van der Waals surface area contributed by atoms with Crippen LogP contribution in [-0.4, -0.2) is 16.6 Å². The summed E-state index contributed by atoms with van der Waals surface area (Å²) in [6.07, 6.45) is 3.37. The zero-order valence-electron chi connectivity index (χ0n) is 15.8. The number of fused-ring (bicyclic) bond motifs is 1. The largest absolute Gasteiger partial charge is 0.397 e. The normalized spacial score (nSPS) is 15.6. The number of carbonyl (C=O) groups excluding carboxylic acids is 2. The zero-order valence-corrected chi connectivity index (χ0v) is 16.6. The Morgan fingerprint density at radius 1 is 1.21 bits per heavy atom. The number of thiophene rings is 1. The Kier molecular flexibility index (Phi) is 4.76. The van der Waals surface area contributed by atoms with Crippen molar-refractivity contribution in [2.24, 2.45) is 0 Å². The predicted molar refractivity (Wildman–Crippen MR) is 112 cm³/mol. The molecule has 0 radical (unpaired) electrons. The van der Waals surface area contributed by atoms with Gasteiger partial charge in [0.2, 0.25) is 5.78 Å². The molecule has 1 aliphatic heterocycles. The van der Waals surface area contributed by atoms with Gasteiger partial charge in [-0.3, -0.25) is 14.6 Å². The van der Waals surface area contributed by atoms with E-state index in [4.69, 9.17) is 5.73 Å². The molecule has 7 heteroatoms. The average Bonchev–Trinajstić information content (AvgIpc) is 3.03. The second-order valence-electron chi connectivity index (χ2n) is 6.86. The number of carbonyl (C=O) groups is 2. The van der Waals surface area contributed by atoms with E-state index in [1.165, 1.54) is 42.5 Å². The van der Waals surface area contributed by atoms with Crippen LogP contribution in [0.3, 0.4) is 0 Å². The first kappa shape index (κ1) is 19.0. The molecule has 2 aromatic heterocycles. The van der Waals surface area contributed by atoms with Gasteiger partial charge in [-0.05, 0) is 49.7 Å². The highest BCUT2D eigenvalue weighted by atomic mass is 32.1. The summed E-state index contributed by atoms with van der Waals surface area (Å²) in [5, 5.41) is 3.96. The third kappa shape index (κ3) is 3.23. The highest BCUT2D eigenvalue weighted by molar-refractivity contribution is 7.19. The molecule has 146 valence electrons. The Morgan fingerprint density at radius 3 is 2.55 bits per heavy atom. The maximum Gasteiger partial charge on any atom is 0.205 e. The molecule has 0 unspecified atom stereocenters. The minimum Gasteiger partial charge on any atom is -0.397 e. The smallest absolute Gasteiger partial charge is 0.205 e. The number of nitrogens with one attached hydrogen (secondary N) is 1. The fraction of sp³-hybridized carbons (Fsp3) is 0.136. The van der Waals surface area contributed by atoms with E-state index in [0.29, 0.717) is 27.3 Å². The molecule has 0 saturated carbocycles.